The van der Waals surface area contributed by atoms with Crippen LogP contribution in [0.4, 0.5) is 0 Å². The third-order valence-corrected chi connectivity index (χ3v) is 8.71. The van der Waals surface area contributed by atoms with E-state index in [1.165, 1.54) is 5.57 Å². The highest BCUT2D eigenvalue weighted by molar-refractivity contribution is 5.95. The SMILES string of the molecule is COC1=C(OC)CC2=C(C1)N1C(=O)CC3OCC=C4CN(C)CCC25C(=O)CC4C3C15. The van der Waals surface area contributed by atoms with E-state index in [0.29, 0.717) is 38.1 Å². The van der Waals surface area contributed by atoms with Gasteiger partial charge in [0.05, 0.1) is 44.8 Å². The first-order valence-corrected chi connectivity index (χ1v) is 11.4. The average molecular weight is 427 g/mol. The summed E-state index contributed by atoms with van der Waals surface area (Å²) in [6.07, 6.45) is 4.76. The first kappa shape index (κ1) is 19.6. The van der Waals surface area contributed by atoms with Crippen molar-refractivity contribution in [3.8, 4) is 0 Å². The van der Waals surface area contributed by atoms with Gasteiger partial charge in [-0.05, 0) is 31.5 Å². The molecule has 7 aliphatic rings. The van der Waals surface area contributed by atoms with Crippen LogP contribution in [0, 0.1) is 17.3 Å². The zero-order valence-electron chi connectivity index (χ0n) is 18.5. The number of allylic oxidation sites excluding steroid dienone is 1. The number of hydrogen-bond acceptors (Lipinski definition) is 6. The molecule has 7 rings (SSSR count). The number of rotatable bonds is 2. The summed E-state index contributed by atoms with van der Waals surface area (Å²) in [4.78, 5) is 31.9. The van der Waals surface area contributed by atoms with Gasteiger partial charge in [0.25, 0.3) is 0 Å². The molecular weight excluding hydrogens is 396 g/mol. The molecule has 0 aromatic carbocycles. The lowest BCUT2D eigenvalue weighted by Gasteiger charge is -2.54. The maximum atomic E-state index is 14.1. The molecule has 166 valence electrons. The molecule has 3 saturated heterocycles. The highest BCUT2D eigenvalue weighted by atomic mass is 16.5. The van der Waals surface area contributed by atoms with Crippen molar-refractivity contribution in [3.63, 3.8) is 0 Å². The Bertz CT molecular complexity index is 965. The van der Waals surface area contributed by atoms with Crippen molar-refractivity contribution >= 4 is 11.7 Å². The number of piperidine rings is 1. The predicted molar refractivity (Wildman–Crippen MR) is 112 cm³/mol. The Morgan fingerprint density at radius 3 is 2.68 bits per heavy atom. The minimum Gasteiger partial charge on any atom is -0.497 e. The highest BCUT2D eigenvalue weighted by Gasteiger charge is 2.68. The van der Waals surface area contributed by atoms with Gasteiger partial charge in [0, 0.05) is 37.4 Å². The van der Waals surface area contributed by atoms with Crippen LogP contribution >= 0.6 is 0 Å². The number of fused-ring (bicyclic) bond motifs is 5. The van der Waals surface area contributed by atoms with Gasteiger partial charge < -0.3 is 24.0 Å². The Morgan fingerprint density at radius 2 is 1.90 bits per heavy atom. The fourth-order valence-corrected chi connectivity index (χ4v) is 7.41. The molecule has 0 aromatic heterocycles. The Hall–Kier alpha value is -2.12. The number of carbonyl (C=O) groups is 2. The van der Waals surface area contributed by atoms with Gasteiger partial charge in [0.1, 0.15) is 17.3 Å². The highest BCUT2D eigenvalue weighted by Crippen LogP contribution is 2.63. The number of methoxy groups -OCH3 is 2. The Morgan fingerprint density at radius 1 is 1.13 bits per heavy atom. The first-order chi connectivity index (χ1) is 15.0. The third kappa shape index (κ3) is 2.42. The van der Waals surface area contributed by atoms with E-state index < -0.39 is 5.41 Å². The number of carbonyl (C=O) groups excluding carboxylic acids is 2. The molecule has 0 N–H and O–H groups in total. The summed E-state index contributed by atoms with van der Waals surface area (Å²) < 4.78 is 17.6. The smallest absolute Gasteiger partial charge is 0.229 e. The maximum absolute atomic E-state index is 14.1. The van der Waals surface area contributed by atoms with Gasteiger partial charge in [-0.2, -0.15) is 0 Å². The topological polar surface area (TPSA) is 68.3 Å². The van der Waals surface area contributed by atoms with Crippen molar-refractivity contribution in [2.45, 2.75) is 44.2 Å². The fraction of sp³-hybridized carbons (Fsp3) is 0.667. The number of amides is 1. The third-order valence-electron chi connectivity index (χ3n) is 8.71. The number of likely N-dealkylation sites (N-methyl/N-ethyl adjacent to an activating group) is 1. The summed E-state index contributed by atoms with van der Waals surface area (Å²) in [5.74, 6) is 2.21. The van der Waals surface area contributed by atoms with Crippen molar-refractivity contribution in [1.82, 2.24) is 9.80 Å². The lowest BCUT2D eigenvalue weighted by molar-refractivity contribution is -0.161. The van der Waals surface area contributed by atoms with Gasteiger partial charge in [0.2, 0.25) is 5.91 Å². The van der Waals surface area contributed by atoms with Crippen molar-refractivity contribution in [2.75, 3.05) is 41.0 Å². The molecule has 4 bridgehead atoms. The zero-order chi connectivity index (χ0) is 21.5. The molecule has 2 aliphatic carbocycles. The van der Waals surface area contributed by atoms with Gasteiger partial charge in [0.15, 0.2) is 0 Å². The van der Waals surface area contributed by atoms with Crippen LogP contribution in [0.25, 0.3) is 0 Å². The molecule has 5 aliphatic heterocycles. The van der Waals surface area contributed by atoms with Gasteiger partial charge >= 0.3 is 0 Å². The van der Waals surface area contributed by atoms with Gasteiger partial charge in [-0.15, -0.1) is 0 Å². The number of ketones is 1. The van der Waals surface area contributed by atoms with E-state index in [2.05, 4.69) is 18.0 Å². The Kier molecular flexibility index (Phi) is 4.22. The Balaban J connectivity index is 1.57. The first-order valence-electron chi connectivity index (χ1n) is 11.4. The van der Waals surface area contributed by atoms with Gasteiger partial charge in [-0.25, -0.2) is 0 Å². The van der Waals surface area contributed by atoms with Crippen LogP contribution in [-0.2, 0) is 23.8 Å². The van der Waals surface area contributed by atoms with Crippen molar-refractivity contribution < 1.29 is 23.8 Å². The second-order valence-corrected chi connectivity index (χ2v) is 9.87. The van der Waals surface area contributed by atoms with Crippen LogP contribution in [0.15, 0.2) is 34.4 Å². The Labute approximate surface area is 182 Å². The van der Waals surface area contributed by atoms with E-state index in [9.17, 15) is 9.59 Å². The van der Waals surface area contributed by atoms with Crippen LogP contribution in [-0.4, -0.2) is 74.6 Å². The minimum atomic E-state index is -0.648. The average Bonchev–Trinajstić information content (AvgIpc) is 2.99. The summed E-state index contributed by atoms with van der Waals surface area (Å²) in [5, 5.41) is 0. The second kappa shape index (κ2) is 6.69. The van der Waals surface area contributed by atoms with E-state index in [4.69, 9.17) is 14.2 Å². The van der Waals surface area contributed by atoms with Crippen molar-refractivity contribution in [3.05, 3.63) is 34.4 Å². The van der Waals surface area contributed by atoms with Crippen LogP contribution < -0.4 is 0 Å². The molecule has 0 radical (unpaired) electrons. The summed E-state index contributed by atoms with van der Waals surface area (Å²) in [6, 6.07) is -0.155. The van der Waals surface area contributed by atoms with E-state index in [-0.39, 0.29) is 29.9 Å². The number of nitrogens with zero attached hydrogens (tertiary/aromatic N) is 2. The van der Waals surface area contributed by atoms with Crippen molar-refractivity contribution in [2.24, 2.45) is 17.3 Å². The summed E-state index contributed by atoms with van der Waals surface area (Å²) >= 11 is 0. The minimum absolute atomic E-state index is 0.0847. The van der Waals surface area contributed by atoms with Gasteiger partial charge in [-0.3, -0.25) is 9.59 Å². The van der Waals surface area contributed by atoms with E-state index in [1.807, 2.05) is 4.90 Å². The molecule has 5 unspecified atom stereocenters. The lowest BCUT2D eigenvalue weighted by atomic mass is 9.54. The quantitative estimate of drug-likeness (QED) is 0.630. The molecule has 1 amide bonds. The fourth-order valence-electron chi connectivity index (χ4n) is 7.41. The number of hydrogen-bond donors (Lipinski definition) is 0. The molecule has 4 fully saturated rings. The van der Waals surface area contributed by atoms with Crippen LogP contribution in [0.1, 0.15) is 32.1 Å². The van der Waals surface area contributed by atoms with Crippen LogP contribution in [0.3, 0.4) is 0 Å². The van der Waals surface area contributed by atoms with E-state index in [1.54, 1.807) is 14.2 Å². The molecule has 31 heavy (non-hydrogen) atoms. The van der Waals surface area contributed by atoms with E-state index in [0.717, 1.165) is 42.3 Å². The van der Waals surface area contributed by atoms with Crippen LogP contribution in [0.5, 0.6) is 0 Å². The zero-order valence-corrected chi connectivity index (χ0v) is 18.5. The second-order valence-electron chi connectivity index (χ2n) is 9.87. The number of ether oxygens (including phenoxy) is 3. The molecule has 1 saturated carbocycles. The summed E-state index contributed by atoms with van der Waals surface area (Å²) in [5.41, 5.74) is 2.74. The van der Waals surface area contributed by atoms with Crippen LogP contribution in [0.2, 0.25) is 0 Å². The lowest BCUT2D eigenvalue weighted by Crippen LogP contribution is -2.64. The van der Waals surface area contributed by atoms with Crippen molar-refractivity contribution in [1.29, 1.82) is 0 Å². The molecule has 0 aromatic rings. The normalized spacial score (nSPS) is 39.6. The number of Topliss-reactive ketones (excluding diaryl/α,β-unsaturated/α-hetero) is 1. The standard InChI is InChI=1S/C24H30N2O5/c1-25-6-5-24-15-9-17(29-2)18(30-3)10-16(15)26-21(28)11-19-22(23(24)26)14(8-20(24)27)13(12-25)4-7-31-19/h4,14,19,22-23H,5-12H2,1-3H3. The summed E-state index contributed by atoms with van der Waals surface area (Å²) in [7, 11) is 5.44. The van der Waals surface area contributed by atoms with Gasteiger partial charge in [-0.1, -0.05) is 11.6 Å². The monoisotopic (exact) mass is 426 g/mol. The largest absolute Gasteiger partial charge is 0.497 e. The summed E-state index contributed by atoms with van der Waals surface area (Å²) in [6.45, 7) is 2.22. The molecular formula is C24H30N2O5. The maximum Gasteiger partial charge on any atom is 0.229 e. The molecule has 5 heterocycles. The molecule has 1 spiro atoms. The molecule has 5 atom stereocenters. The molecule has 7 heteroatoms. The predicted octanol–water partition coefficient (Wildman–Crippen LogP) is 2.01. The van der Waals surface area contributed by atoms with E-state index >= 15 is 0 Å². The molecule has 7 nitrogen and oxygen atoms in total.